The van der Waals surface area contributed by atoms with Crippen molar-refractivity contribution in [1.29, 1.82) is 0 Å². The number of furan rings is 1. The number of nitro benzene ring substituents is 1. The number of aliphatic imine (C=N–C) groups is 1. The molecule has 0 N–H and O–H groups in total. The average molecular weight is 448 g/mol. The maximum atomic E-state index is 12.7. The van der Waals surface area contributed by atoms with E-state index >= 15 is 0 Å². The highest BCUT2D eigenvalue weighted by Crippen LogP contribution is 2.35. The molecule has 0 unspecified atom stereocenters. The molecule has 4 rings (SSSR count). The Morgan fingerprint density at radius 1 is 1.16 bits per heavy atom. The zero-order valence-electron chi connectivity index (χ0n) is 17.9. The standard InChI is InChI=1S/C24H21N3O4S/c1-4-16-8-10-17(11-9-16)25-24-26(3)23(28)22(32-24)14-18-12-13-21(31-18)19-6-5-7-20(15(19)2)27(29)30/h5-14H,4H2,1-3H3/b22-14+,25-24?. The molecule has 1 amide bonds. The lowest BCUT2D eigenvalue weighted by Crippen LogP contribution is -2.23. The SMILES string of the molecule is CCc1ccc(N=C2S/C(=C/c3ccc(-c4cccc([N+](=O)[O-])c4C)o3)C(=O)N2C)cc1. The maximum absolute atomic E-state index is 12.7. The quantitative estimate of drug-likeness (QED) is 0.273. The summed E-state index contributed by atoms with van der Waals surface area (Å²) in [6.07, 6.45) is 2.63. The van der Waals surface area contributed by atoms with Gasteiger partial charge in [0.05, 0.1) is 15.5 Å². The molecule has 2 heterocycles. The summed E-state index contributed by atoms with van der Waals surface area (Å²) in [4.78, 5) is 30.1. The van der Waals surface area contributed by atoms with Crippen LogP contribution in [0.5, 0.6) is 0 Å². The van der Waals surface area contributed by atoms with Gasteiger partial charge >= 0.3 is 0 Å². The lowest BCUT2D eigenvalue weighted by molar-refractivity contribution is -0.385. The van der Waals surface area contributed by atoms with Crippen LogP contribution in [0.1, 0.15) is 23.8 Å². The van der Waals surface area contributed by atoms with Crippen LogP contribution in [-0.2, 0) is 11.2 Å². The number of aryl methyl sites for hydroxylation is 1. The fraction of sp³-hybridized carbons (Fsp3) is 0.167. The fourth-order valence-corrected chi connectivity index (χ4v) is 4.33. The highest BCUT2D eigenvalue weighted by atomic mass is 32.2. The van der Waals surface area contributed by atoms with Crippen molar-refractivity contribution in [2.24, 2.45) is 4.99 Å². The van der Waals surface area contributed by atoms with Crippen molar-refractivity contribution in [3.63, 3.8) is 0 Å². The molecule has 1 aromatic heterocycles. The van der Waals surface area contributed by atoms with E-state index in [2.05, 4.69) is 11.9 Å². The molecule has 7 nitrogen and oxygen atoms in total. The number of benzene rings is 2. The number of amidine groups is 1. The molecule has 0 spiro atoms. The fourth-order valence-electron chi connectivity index (χ4n) is 3.36. The second-order valence-electron chi connectivity index (χ2n) is 7.30. The Balaban J connectivity index is 1.59. The van der Waals surface area contributed by atoms with Gasteiger partial charge in [0.2, 0.25) is 0 Å². The van der Waals surface area contributed by atoms with Gasteiger partial charge in [-0.1, -0.05) is 31.2 Å². The molecule has 0 atom stereocenters. The predicted octanol–water partition coefficient (Wildman–Crippen LogP) is 5.96. The topological polar surface area (TPSA) is 89.0 Å². The number of carbonyl (C=O) groups is 1. The van der Waals surface area contributed by atoms with Crippen LogP contribution >= 0.6 is 11.8 Å². The largest absolute Gasteiger partial charge is 0.457 e. The highest BCUT2D eigenvalue weighted by molar-refractivity contribution is 8.18. The smallest absolute Gasteiger partial charge is 0.273 e. The Morgan fingerprint density at radius 3 is 2.59 bits per heavy atom. The first-order valence-electron chi connectivity index (χ1n) is 10.1. The number of hydrogen-bond acceptors (Lipinski definition) is 6. The van der Waals surface area contributed by atoms with E-state index in [4.69, 9.17) is 4.42 Å². The third-order valence-corrected chi connectivity index (χ3v) is 6.30. The predicted molar refractivity (Wildman–Crippen MR) is 127 cm³/mol. The third-order valence-electron chi connectivity index (χ3n) is 5.24. The molecule has 1 saturated heterocycles. The number of nitrogens with zero attached hydrogens (tertiary/aromatic N) is 3. The van der Waals surface area contributed by atoms with Crippen LogP contribution < -0.4 is 0 Å². The van der Waals surface area contributed by atoms with Gasteiger partial charge in [-0.2, -0.15) is 0 Å². The van der Waals surface area contributed by atoms with Crippen LogP contribution in [0, 0.1) is 17.0 Å². The van der Waals surface area contributed by atoms with Crippen LogP contribution in [0.3, 0.4) is 0 Å². The van der Waals surface area contributed by atoms with E-state index in [-0.39, 0.29) is 11.6 Å². The summed E-state index contributed by atoms with van der Waals surface area (Å²) in [5.74, 6) is 0.832. The number of rotatable bonds is 5. The van der Waals surface area contributed by atoms with Crippen LogP contribution in [0.2, 0.25) is 0 Å². The van der Waals surface area contributed by atoms with Gasteiger partial charge in [-0.3, -0.25) is 19.8 Å². The normalized spacial score (nSPS) is 16.3. The van der Waals surface area contributed by atoms with Crippen molar-refractivity contribution in [2.75, 3.05) is 7.05 Å². The Bertz CT molecular complexity index is 1260. The highest BCUT2D eigenvalue weighted by Gasteiger charge is 2.30. The third kappa shape index (κ3) is 4.22. The van der Waals surface area contributed by atoms with Crippen LogP contribution in [0.4, 0.5) is 11.4 Å². The molecular formula is C24H21N3O4S. The van der Waals surface area contributed by atoms with Gasteiger partial charge in [0.1, 0.15) is 11.5 Å². The van der Waals surface area contributed by atoms with E-state index in [0.717, 1.165) is 12.1 Å². The van der Waals surface area contributed by atoms with Gasteiger partial charge in [0, 0.05) is 30.3 Å². The molecule has 0 radical (unpaired) electrons. The molecule has 3 aromatic rings. The molecule has 0 saturated carbocycles. The zero-order valence-corrected chi connectivity index (χ0v) is 18.7. The number of hydrogen-bond donors (Lipinski definition) is 0. The lowest BCUT2D eigenvalue weighted by atomic mass is 10.1. The molecule has 0 bridgehead atoms. The monoisotopic (exact) mass is 447 g/mol. The van der Waals surface area contributed by atoms with Crippen molar-refractivity contribution < 1.29 is 14.1 Å². The number of nitro groups is 1. The summed E-state index contributed by atoms with van der Waals surface area (Å²) in [5, 5.41) is 11.8. The summed E-state index contributed by atoms with van der Waals surface area (Å²) in [6.45, 7) is 3.78. The minimum atomic E-state index is -0.412. The minimum absolute atomic E-state index is 0.0368. The van der Waals surface area contributed by atoms with Crippen molar-refractivity contribution >= 4 is 40.3 Å². The first-order chi connectivity index (χ1) is 15.4. The van der Waals surface area contributed by atoms with E-state index in [9.17, 15) is 14.9 Å². The molecule has 1 aliphatic rings. The molecule has 0 aliphatic carbocycles. The van der Waals surface area contributed by atoms with Gasteiger partial charge < -0.3 is 4.42 Å². The Kier molecular flexibility index (Phi) is 5.96. The lowest BCUT2D eigenvalue weighted by Gasteiger charge is -2.07. The second-order valence-corrected chi connectivity index (χ2v) is 8.31. The summed E-state index contributed by atoms with van der Waals surface area (Å²) in [6, 6.07) is 16.3. The number of thioether (sulfide) groups is 1. The summed E-state index contributed by atoms with van der Waals surface area (Å²) in [5.41, 5.74) is 3.22. The van der Waals surface area contributed by atoms with E-state index in [1.165, 1.54) is 28.3 Å². The number of amides is 1. The molecule has 1 aliphatic heterocycles. The van der Waals surface area contributed by atoms with Crippen LogP contribution in [-0.4, -0.2) is 27.9 Å². The number of carbonyl (C=O) groups excluding carboxylic acids is 1. The Hall–Kier alpha value is -3.65. The van der Waals surface area contributed by atoms with Gasteiger partial charge in [0.25, 0.3) is 11.6 Å². The summed E-state index contributed by atoms with van der Waals surface area (Å²) >= 11 is 1.28. The summed E-state index contributed by atoms with van der Waals surface area (Å²) in [7, 11) is 1.69. The second kappa shape index (κ2) is 8.84. The Labute approximate surface area is 189 Å². The maximum Gasteiger partial charge on any atom is 0.273 e. The van der Waals surface area contributed by atoms with Gasteiger partial charge in [-0.15, -0.1) is 0 Å². The van der Waals surface area contributed by atoms with E-state index in [1.807, 2.05) is 24.3 Å². The van der Waals surface area contributed by atoms with Gasteiger partial charge in [-0.25, -0.2) is 4.99 Å². The van der Waals surface area contributed by atoms with Gasteiger partial charge in [-0.05, 0) is 54.9 Å². The van der Waals surface area contributed by atoms with E-state index in [1.54, 1.807) is 44.3 Å². The first kappa shape index (κ1) is 21.6. The minimum Gasteiger partial charge on any atom is -0.457 e. The van der Waals surface area contributed by atoms with E-state index < -0.39 is 4.92 Å². The van der Waals surface area contributed by atoms with Gasteiger partial charge in [0.15, 0.2) is 5.17 Å². The molecule has 8 heteroatoms. The summed E-state index contributed by atoms with van der Waals surface area (Å²) < 4.78 is 5.89. The van der Waals surface area contributed by atoms with E-state index in [0.29, 0.717) is 32.7 Å². The molecule has 32 heavy (non-hydrogen) atoms. The average Bonchev–Trinajstić information content (AvgIpc) is 3.35. The van der Waals surface area contributed by atoms with Crippen molar-refractivity contribution in [2.45, 2.75) is 20.3 Å². The zero-order chi connectivity index (χ0) is 22.8. The van der Waals surface area contributed by atoms with Crippen LogP contribution in [0.25, 0.3) is 17.4 Å². The van der Waals surface area contributed by atoms with Crippen molar-refractivity contribution in [1.82, 2.24) is 4.90 Å². The number of likely N-dealkylation sites (N-methyl/N-ethyl adjacent to an activating group) is 1. The Morgan fingerprint density at radius 2 is 1.91 bits per heavy atom. The first-order valence-corrected chi connectivity index (χ1v) is 10.9. The van der Waals surface area contributed by atoms with Crippen molar-refractivity contribution in [3.05, 3.63) is 86.5 Å². The molecule has 1 fully saturated rings. The van der Waals surface area contributed by atoms with Crippen LogP contribution in [0.15, 0.2) is 68.9 Å². The molecular weight excluding hydrogens is 426 g/mol. The molecule has 162 valence electrons. The molecule has 2 aromatic carbocycles. The van der Waals surface area contributed by atoms with Crippen molar-refractivity contribution in [3.8, 4) is 11.3 Å².